The molecule has 0 aromatic heterocycles. The number of hydrogen-bond donors (Lipinski definition) is 1. The van der Waals surface area contributed by atoms with Crippen LogP contribution in [0.25, 0.3) is 0 Å². The highest BCUT2D eigenvalue weighted by molar-refractivity contribution is 9.10. The highest BCUT2D eigenvalue weighted by Crippen LogP contribution is 2.20. The minimum Gasteiger partial charge on any atom is -0.322 e. The third-order valence-electron chi connectivity index (χ3n) is 3.63. The van der Waals surface area contributed by atoms with Crippen molar-refractivity contribution >= 4 is 37.5 Å². The van der Waals surface area contributed by atoms with Gasteiger partial charge in [0.05, 0.1) is 10.5 Å². The molecule has 0 fully saturated rings. The lowest BCUT2D eigenvalue weighted by Gasteiger charge is -2.18. The van der Waals surface area contributed by atoms with E-state index in [1.165, 1.54) is 46.8 Å². The van der Waals surface area contributed by atoms with Crippen LogP contribution in [0.15, 0.2) is 51.8 Å². The van der Waals surface area contributed by atoms with Crippen LogP contribution in [-0.4, -0.2) is 31.7 Å². The third-order valence-corrected chi connectivity index (χ3v) is 6.19. The average molecular weight is 429 g/mol. The lowest BCUT2D eigenvalue weighted by atomic mass is 10.2. The van der Waals surface area contributed by atoms with Crippen molar-refractivity contribution in [2.75, 3.05) is 18.4 Å². The standard InChI is InChI=1S/C17H18BrFN2O3S/c1-3-21(4-2)25(23,24)14-8-6-13(7-9-14)20-17(22)15-11-12(18)5-10-16(15)19/h5-11H,3-4H2,1-2H3,(H,20,22). The van der Waals surface area contributed by atoms with Crippen molar-refractivity contribution in [3.05, 3.63) is 58.3 Å². The molecule has 0 radical (unpaired) electrons. The first-order valence-corrected chi connectivity index (χ1v) is 9.89. The molecule has 134 valence electrons. The van der Waals surface area contributed by atoms with E-state index in [9.17, 15) is 17.6 Å². The predicted molar refractivity (Wildman–Crippen MR) is 98.6 cm³/mol. The smallest absolute Gasteiger partial charge is 0.258 e. The first-order chi connectivity index (χ1) is 11.8. The van der Waals surface area contributed by atoms with E-state index in [2.05, 4.69) is 21.2 Å². The molecule has 2 rings (SSSR count). The van der Waals surface area contributed by atoms with Crippen LogP contribution in [0.4, 0.5) is 10.1 Å². The minimum atomic E-state index is -3.56. The topological polar surface area (TPSA) is 66.5 Å². The Morgan fingerprint density at radius 2 is 1.72 bits per heavy atom. The van der Waals surface area contributed by atoms with Gasteiger partial charge in [0.25, 0.3) is 5.91 Å². The summed E-state index contributed by atoms with van der Waals surface area (Å²) in [6.45, 7) is 4.28. The fraction of sp³-hybridized carbons (Fsp3) is 0.235. The molecular weight excluding hydrogens is 411 g/mol. The lowest BCUT2D eigenvalue weighted by molar-refractivity contribution is 0.102. The zero-order valence-electron chi connectivity index (χ0n) is 13.8. The maximum absolute atomic E-state index is 13.7. The summed E-state index contributed by atoms with van der Waals surface area (Å²) in [5.74, 6) is -1.25. The molecule has 1 amide bonds. The minimum absolute atomic E-state index is 0.103. The number of sulfonamides is 1. The Morgan fingerprint density at radius 3 is 2.28 bits per heavy atom. The van der Waals surface area contributed by atoms with Gasteiger partial charge in [-0.1, -0.05) is 29.8 Å². The van der Waals surface area contributed by atoms with Gasteiger partial charge in [-0.15, -0.1) is 0 Å². The summed E-state index contributed by atoms with van der Waals surface area (Å²) in [6, 6.07) is 9.86. The molecule has 5 nitrogen and oxygen atoms in total. The molecule has 0 aliphatic carbocycles. The number of amides is 1. The second-order valence-electron chi connectivity index (χ2n) is 5.19. The average Bonchev–Trinajstić information content (AvgIpc) is 2.58. The van der Waals surface area contributed by atoms with E-state index in [1.807, 2.05) is 0 Å². The quantitative estimate of drug-likeness (QED) is 0.758. The van der Waals surface area contributed by atoms with Gasteiger partial charge in [-0.25, -0.2) is 12.8 Å². The molecule has 0 saturated carbocycles. The normalized spacial score (nSPS) is 11.6. The first-order valence-electron chi connectivity index (χ1n) is 7.66. The molecular formula is C17H18BrFN2O3S. The van der Waals surface area contributed by atoms with Crippen molar-refractivity contribution in [1.29, 1.82) is 0 Å². The van der Waals surface area contributed by atoms with Crippen LogP contribution in [-0.2, 0) is 10.0 Å². The number of rotatable bonds is 6. The van der Waals surface area contributed by atoms with Crippen LogP contribution in [0.1, 0.15) is 24.2 Å². The van der Waals surface area contributed by atoms with Gasteiger partial charge in [0.1, 0.15) is 5.82 Å². The van der Waals surface area contributed by atoms with Gasteiger partial charge < -0.3 is 5.32 Å². The van der Waals surface area contributed by atoms with E-state index >= 15 is 0 Å². The summed E-state index contributed by atoms with van der Waals surface area (Å²) in [7, 11) is -3.56. The molecule has 0 bridgehead atoms. The monoisotopic (exact) mass is 428 g/mol. The fourth-order valence-corrected chi connectivity index (χ4v) is 4.11. The van der Waals surface area contributed by atoms with Gasteiger partial charge in [-0.3, -0.25) is 4.79 Å². The van der Waals surface area contributed by atoms with Crippen molar-refractivity contribution < 1.29 is 17.6 Å². The van der Waals surface area contributed by atoms with E-state index in [0.29, 0.717) is 23.2 Å². The lowest BCUT2D eigenvalue weighted by Crippen LogP contribution is -2.30. The Bertz CT molecular complexity index is 866. The molecule has 0 heterocycles. The van der Waals surface area contributed by atoms with Gasteiger partial charge >= 0.3 is 0 Å². The van der Waals surface area contributed by atoms with Gasteiger partial charge in [0, 0.05) is 23.2 Å². The SMILES string of the molecule is CCN(CC)S(=O)(=O)c1ccc(NC(=O)c2cc(Br)ccc2F)cc1. The summed E-state index contributed by atoms with van der Waals surface area (Å²) in [4.78, 5) is 12.3. The van der Waals surface area contributed by atoms with Crippen LogP contribution in [0.5, 0.6) is 0 Å². The van der Waals surface area contributed by atoms with Gasteiger partial charge in [-0.2, -0.15) is 4.31 Å². The first kappa shape index (κ1) is 19.6. The predicted octanol–water partition coefficient (Wildman–Crippen LogP) is 3.87. The molecule has 8 heteroatoms. The molecule has 25 heavy (non-hydrogen) atoms. The zero-order valence-corrected chi connectivity index (χ0v) is 16.2. The van der Waals surface area contributed by atoms with E-state index in [1.54, 1.807) is 13.8 Å². The molecule has 0 atom stereocenters. The fourth-order valence-electron chi connectivity index (χ4n) is 2.29. The number of carbonyl (C=O) groups excluding carboxylic acids is 1. The van der Waals surface area contributed by atoms with Crippen LogP contribution in [0.2, 0.25) is 0 Å². The second-order valence-corrected chi connectivity index (χ2v) is 8.05. The number of carbonyl (C=O) groups is 1. The van der Waals surface area contributed by atoms with Crippen LogP contribution < -0.4 is 5.32 Å². The van der Waals surface area contributed by atoms with Crippen molar-refractivity contribution in [2.45, 2.75) is 18.7 Å². The number of hydrogen-bond acceptors (Lipinski definition) is 3. The molecule has 0 aliphatic heterocycles. The van der Waals surface area contributed by atoms with Crippen LogP contribution in [0.3, 0.4) is 0 Å². The van der Waals surface area contributed by atoms with E-state index in [0.717, 1.165) is 0 Å². The Kier molecular flexibility index (Phi) is 6.31. The molecule has 0 spiro atoms. The van der Waals surface area contributed by atoms with Crippen molar-refractivity contribution in [2.24, 2.45) is 0 Å². The number of nitrogens with zero attached hydrogens (tertiary/aromatic N) is 1. The largest absolute Gasteiger partial charge is 0.322 e. The van der Waals surface area contributed by atoms with Crippen molar-refractivity contribution in [3.8, 4) is 0 Å². The Balaban J connectivity index is 2.21. The molecule has 0 aliphatic rings. The molecule has 1 N–H and O–H groups in total. The highest BCUT2D eigenvalue weighted by Gasteiger charge is 2.21. The zero-order chi connectivity index (χ0) is 18.6. The van der Waals surface area contributed by atoms with Gasteiger partial charge in [0.15, 0.2) is 0 Å². The maximum atomic E-state index is 13.7. The Labute approximate surface area is 155 Å². The van der Waals surface area contributed by atoms with Gasteiger partial charge in [0.2, 0.25) is 10.0 Å². The number of anilines is 1. The number of nitrogens with one attached hydrogen (secondary N) is 1. The third kappa shape index (κ3) is 4.45. The molecule has 2 aromatic carbocycles. The number of benzene rings is 2. The summed E-state index contributed by atoms with van der Waals surface area (Å²) in [6.07, 6.45) is 0. The van der Waals surface area contributed by atoms with Gasteiger partial charge in [-0.05, 0) is 42.5 Å². The molecule has 2 aromatic rings. The summed E-state index contributed by atoms with van der Waals surface area (Å²) in [5, 5.41) is 2.55. The summed E-state index contributed by atoms with van der Waals surface area (Å²) < 4.78 is 40.5. The maximum Gasteiger partial charge on any atom is 0.258 e. The molecule has 0 unspecified atom stereocenters. The summed E-state index contributed by atoms with van der Waals surface area (Å²) >= 11 is 3.19. The summed E-state index contributed by atoms with van der Waals surface area (Å²) in [5.41, 5.74) is 0.275. The van der Waals surface area contributed by atoms with E-state index in [-0.39, 0.29) is 10.5 Å². The van der Waals surface area contributed by atoms with Crippen LogP contribution >= 0.6 is 15.9 Å². The van der Waals surface area contributed by atoms with E-state index < -0.39 is 21.7 Å². The van der Waals surface area contributed by atoms with Crippen molar-refractivity contribution in [3.63, 3.8) is 0 Å². The Hall–Kier alpha value is -1.77. The number of halogens is 2. The second kappa shape index (κ2) is 8.07. The van der Waals surface area contributed by atoms with Crippen molar-refractivity contribution in [1.82, 2.24) is 4.31 Å². The highest BCUT2D eigenvalue weighted by atomic mass is 79.9. The Morgan fingerprint density at radius 1 is 1.12 bits per heavy atom. The van der Waals surface area contributed by atoms with E-state index in [4.69, 9.17) is 0 Å². The van der Waals surface area contributed by atoms with Crippen LogP contribution in [0, 0.1) is 5.82 Å². The molecule has 0 saturated heterocycles.